The molecule has 0 amide bonds. The standard InChI is InChI=1S/C23H31NO3/c1-16(2)21(19-6-8-20(9-7-19)27-17(3)4)11-12-24-14-18-5-10-22-23(13-18)26-15-25-22/h5-10,13,16-17,21,24H,11-12,14-15H2,1-4H3/p+1/t21-/m0/s1. The van der Waals surface area contributed by atoms with Gasteiger partial charge in [-0.15, -0.1) is 0 Å². The highest BCUT2D eigenvalue weighted by Crippen LogP contribution is 2.32. The first-order chi connectivity index (χ1) is 13.0. The zero-order chi connectivity index (χ0) is 19.2. The van der Waals surface area contributed by atoms with Crippen LogP contribution < -0.4 is 19.5 Å². The van der Waals surface area contributed by atoms with Crippen LogP contribution in [0.4, 0.5) is 0 Å². The fraction of sp³-hybridized carbons (Fsp3) is 0.478. The fourth-order valence-electron chi connectivity index (χ4n) is 3.58. The van der Waals surface area contributed by atoms with E-state index in [4.69, 9.17) is 14.2 Å². The molecule has 2 aromatic rings. The minimum atomic E-state index is 0.211. The number of quaternary nitrogens is 1. The summed E-state index contributed by atoms with van der Waals surface area (Å²) in [7, 11) is 0. The van der Waals surface area contributed by atoms with Crippen molar-refractivity contribution >= 4 is 0 Å². The Labute approximate surface area is 162 Å². The predicted octanol–water partition coefficient (Wildman–Crippen LogP) is 4.10. The molecule has 2 N–H and O–H groups in total. The van der Waals surface area contributed by atoms with Crippen molar-refractivity contribution in [3.05, 3.63) is 53.6 Å². The van der Waals surface area contributed by atoms with Gasteiger partial charge in [0, 0.05) is 12.0 Å². The molecule has 3 rings (SSSR count). The van der Waals surface area contributed by atoms with E-state index in [1.807, 2.05) is 6.07 Å². The monoisotopic (exact) mass is 370 g/mol. The number of ether oxygens (including phenoxy) is 3. The van der Waals surface area contributed by atoms with Gasteiger partial charge in [-0.05, 0) is 61.6 Å². The van der Waals surface area contributed by atoms with E-state index in [0.29, 0.717) is 18.6 Å². The Morgan fingerprint density at radius 1 is 0.963 bits per heavy atom. The molecular weight excluding hydrogens is 338 g/mol. The molecule has 2 aromatic carbocycles. The number of fused-ring (bicyclic) bond motifs is 1. The number of nitrogens with two attached hydrogens (primary N) is 1. The molecule has 4 nitrogen and oxygen atoms in total. The minimum Gasteiger partial charge on any atom is -0.491 e. The minimum absolute atomic E-state index is 0.211. The molecule has 146 valence electrons. The second-order valence-corrected chi connectivity index (χ2v) is 7.84. The SMILES string of the molecule is CC(C)Oc1ccc([C@@H](CC[NH2+]Cc2ccc3c(c2)OCO3)C(C)C)cc1. The molecule has 4 heteroatoms. The summed E-state index contributed by atoms with van der Waals surface area (Å²) in [5.74, 6) is 3.84. The topological polar surface area (TPSA) is 44.3 Å². The van der Waals surface area contributed by atoms with Gasteiger partial charge in [-0.3, -0.25) is 0 Å². The zero-order valence-corrected chi connectivity index (χ0v) is 16.9. The third-order valence-corrected chi connectivity index (χ3v) is 4.98. The number of hydrogen-bond acceptors (Lipinski definition) is 3. The van der Waals surface area contributed by atoms with Gasteiger partial charge in [0.15, 0.2) is 11.5 Å². The van der Waals surface area contributed by atoms with E-state index >= 15 is 0 Å². The maximum atomic E-state index is 5.76. The van der Waals surface area contributed by atoms with Crippen molar-refractivity contribution in [1.82, 2.24) is 0 Å². The van der Waals surface area contributed by atoms with Crippen molar-refractivity contribution in [3.63, 3.8) is 0 Å². The largest absolute Gasteiger partial charge is 0.491 e. The third kappa shape index (κ3) is 5.39. The van der Waals surface area contributed by atoms with Gasteiger partial charge in [-0.25, -0.2) is 0 Å². The van der Waals surface area contributed by atoms with Crippen molar-refractivity contribution in [1.29, 1.82) is 0 Å². The lowest BCUT2D eigenvalue weighted by Gasteiger charge is -2.21. The Morgan fingerprint density at radius 2 is 1.70 bits per heavy atom. The number of benzene rings is 2. The van der Waals surface area contributed by atoms with Crippen LogP contribution in [0.15, 0.2) is 42.5 Å². The lowest BCUT2D eigenvalue weighted by Crippen LogP contribution is -2.82. The first kappa shape index (κ1) is 19.6. The zero-order valence-electron chi connectivity index (χ0n) is 16.9. The smallest absolute Gasteiger partial charge is 0.231 e. The second-order valence-electron chi connectivity index (χ2n) is 7.84. The summed E-state index contributed by atoms with van der Waals surface area (Å²) >= 11 is 0. The van der Waals surface area contributed by atoms with Crippen molar-refractivity contribution in [2.75, 3.05) is 13.3 Å². The van der Waals surface area contributed by atoms with Crippen LogP contribution in [0.2, 0.25) is 0 Å². The van der Waals surface area contributed by atoms with Gasteiger partial charge in [-0.1, -0.05) is 26.0 Å². The van der Waals surface area contributed by atoms with Crippen LogP contribution in [0, 0.1) is 5.92 Å². The summed E-state index contributed by atoms with van der Waals surface area (Å²) in [6.07, 6.45) is 1.37. The first-order valence-corrected chi connectivity index (χ1v) is 9.99. The van der Waals surface area contributed by atoms with E-state index in [2.05, 4.69) is 69.4 Å². The molecule has 1 heterocycles. The molecule has 0 radical (unpaired) electrons. The van der Waals surface area contributed by atoms with Gasteiger partial charge < -0.3 is 19.5 Å². The van der Waals surface area contributed by atoms with Crippen LogP contribution in [-0.4, -0.2) is 19.4 Å². The van der Waals surface area contributed by atoms with E-state index in [-0.39, 0.29) is 6.10 Å². The van der Waals surface area contributed by atoms with Crippen LogP contribution in [0.1, 0.15) is 51.2 Å². The van der Waals surface area contributed by atoms with Gasteiger partial charge in [-0.2, -0.15) is 0 Å². The van der Waals surface area contributed by atoms with E-state index in [0.717, 1.165) is 36.8 Å². The third-order valence-electron chi connectivity index (χ3n) is 4.98. The molecule has 1 atom stereocenters. The molecule has 0 fully saturated rings. The number of hydrogen-bond donors (Lipinski definition) is 1. The Morgan fingerprint density at radius 3 is 2.41 bits per heavy atom. The highest BCUT2D eigenvalue weighted by molar-refractivity contribution is 5.44. The number of rotatable bonds is 9. The van der Waals surface area contributed by atoms with Gasteiger partial charge in [0.2, 0.25) is 6.79 Å². The highest BCUT2D eigenvalue weighted by Gasteiger charge is 2.17. The van der Waals surface area contributed by atoms with Crippen LogP contribution in [0.25, 0.3) is 0 Å². The van der Waals surface area contributed by atoms with Gasteiger partial charge in [0.05, 0.1) is 12.6 Å². The predicted molar refractivity (Wildman–Crippen MR) is 107 cm³/mol. The Kier molecular flexibility index (Phi) is 6.62. The molecule has 1 aliphatic rings. The van der Waals surface area contributed by atoms with Gasteiger partial charge in [0.25, 0.3) is 0 Å². The highest BCUT2D eigenvalue weighted by atomic mass is 16.7. The van der Waals surface area contributed by atoms with Crippen LogP contribution in [-0.2, 0) is 6.54 Å². The molecule has 0 aromatic heterocycles. The van der Waals surface area contributed by atoms with E-state index in [9.17, 15) is 0 Å². The molecule has 27 heavy (non-hydrogen) atoms. The van der Waals surface area contributed by atoms with Gasteiger partial charge >= 0.3 is 0 Å². The van der Waals surface area contributed by atoms with E-state index < -0.39 is 0 Å². The molecule has 1 aliphatic heterocycles. The van der Waals surface area contributed by atoms with Crippen LogP contribution in [0.5, 0.6) is 17.2 Å². The average molecular weight is 371 g/mol. The lowest BCUT2D eigenvalue weighted by atomic mass is 9.86. The van der Waals surface area contributed by atoms with Crippen molar-refractivity contribution in [2.45, 2.75) is 52.7 Å². The maximum Gasteiger partial charge on any atom is 0.231 e. The summed E-state index contributed by atoms with van der Waals surface area (Å²) in [6, 6.07) is 14.9. The van der Waals surface area contributed by atoms with Crippen molar-refractivity contribution in [2.24, 2.45) is 5.92 Å². The maximum absolute atomic E-state index is 5.76. The van der Waals surface area contributed by atoms with E-state index in [1.165, 1.54) is 11.1 Å². The molecule has 0 aliphatic carbocycles. The normalized spacial score (nSPS) is 14.0. The van der Waals surface area contributed by atoms with Crippen LogP contribution >= 0.6 is 0 Å². The quantitative estimate of drug-likeness (QED) is 0.676. The molecule has 0 unspecified atom stereocenters. The fourth-order valence-corrected chi connectivity index (χ4v) is 3.58. The molecule has 0 spiro atoms. The molecule has 0 saturated heterocycles. The Hall–Kier alpha value is -2.20. The first-order valence-electron chi connectivity index (χ1n) is 9.99. The van der Waals surface area contributed by atoms with E-state index in [1.54, 1.807) is 0 Å². The summed E-state index contributed by atoms with van der Waals surface area (Å²) in [4.78, 5) is 0. The molecular formula is C23H32NO3+. The average Bonchev–Trinajstić information content (AvgIpc) is 3.09. The Bertz CT molecular complexity index is 725. The van der Waals surface area contributed by atoms with Crippen LogP contribution in [0.3, 0.4) is 0 Å². The second kappa shape index (κ2) is 9.14. The van der Waals surface area contributed by atoms with Gasteiger partial charge in [0.1, 0.15) is 12.3 Å². The van der Waals surface area contributed by atoms with Crippen molar-refractivity contribution < 1.29 is 19.5 Å². The summed E-state index contributed by atoms with van der Waals surface area (Å²) < 4.78 is 16.6. The van der Waals surface area contributed by atoms with Crippen molar-refractivity contribution in [3.8, 4) is 17.2 Å². The molecule has 0 saturated carbocycles. The molecule has 0 bridgehead atoms. The summed E-state index contributed by atoms with van der Waals surface area (Å²) in [5, 5.41) is 2.38. The Balaban J connectivity index is 1.51. The lowest BCUT2D eigenvalue weighted by molar-refractivity contribution is -0.671. The summed E-state index contributed by atoms with van der Waals surface area (Å²) in [6.45, 7) is 11.1. The summed E-state index contributed by atoms with van der Waals surface area (Å²) in [5.41, 5.74) is 2.67.